The number of halogens is 1. The fourth-order valence-electron chi connectivity index (χ4n) is 1.75. The van der Waals surface area contributed by atoms with Gasteiger partial charge in [0.15, 0.2) is 0 Å². The molecule has 1 aromatic carbocycles. The van der Waals surface area contributed by atoms with Crippen molar-refractivity contribution in [2.75, 3.05) is 11.1 Å². The molecular weight excluding hydrogens is 310 g/mol. The Morgan fingerprint density at radius 1 is 1.30 bits per heavy atom. The Morgan fingerprint density at radius 3 is 2.80 bits per heavy atom. The highest BCUT2D eigenvalue weighted by atomic mass is 35.5. The zero-order chi connectivity index (χ0) is 14.5. The summed E-state index contributed by atoms with van der Waals surface area (Å²) in [6.07, 6.45) is 0. The first-order valence-corrected chi connectivity index (χ1v) is 8.59. The molecule has 0 saturated heterocycles. The summed E-state index contributed by atoms with van der Waals surface area (Å²) in [5, 5.41) is 2.96. The van der Waals surface area contributed by atoms with Crippen LogP contribution in [-0.2, 0) is 10.5 Å². The van der Waals surface area contributed by atoms with Crippen LogP contribution in [0.5, 0.6) is 0 Å². The van der Waals surface area contributed by atoms with Crippen molar-refractivity contribution in [1.82, 2.24) is 0 Å². The van der Waals surface area contributed by atoms with Gasteiger partial charge < -0.3 is 5.32 Å². The number of thiophene rings is 1. The maximum Gasteiger partial charge on any atom is 0.234 e. The van der Waals surface area contributed by atoms with Gasteiger partial charge in [-0.2, -0.15) is 0 Å². The van der Waals surface area contributed by atoms with Crippen LogP contribution in [-0.4, -0.2) is 11.7 Å². The molecule has 0 radical (unpaired) electrons. The van der Waals surface area contributed by atoms with Crippen molar-refractivity contribution in [3.8, 4) is 0 Å². The quantitative estimate of drug-likeness (QED) is 0.848. The van der Waals surface area contributed by atoms with Gasteiger partial charge >= 0.3 is 0 Å². The van der Waals surface area contributed by atoms with Gasteiger partial charge in [0.25, 0.3) is 0 Å². The third kappa shape index (κ3) is 4.27. The van der Waals surface area contributed by atoms with Crippen LogP contribution in [0, 0.1) is 13.8 Å². The first-order chi connectivity index (χ1) is 9.56. The monoisotopic (exact) mass is 325 g/mol. The minimum absolute atomic E-state index is 0.0337. The Labute approximate surface area is 132 Å². The van der Waals surface area contributed by atoms with E-state index >= 15 is 0 Å². The summed E-state index contributed by atoms with van der Waals surface area (Å²) >= 11 is 9.03. The molecule has 2 aromatic rings. The molecule has 1 heterocycles. The van der Waals surface area contributed by atoms with E-state index in [1.54, 1.807) is 23.1 Å². The van der Waals surface area contributed by atoms with E-state index < -0.39 is 0 Å². The van der Waals surface area contributed by atoms with E-state index in [0.29, 0.717) is 5.75 Å². The molecule has 0 unspecified atom stereocenters. The second-order valence-electron chi connectivity index (χ2n) is 4.49. The summed E-state index contributed by atoms with van der Waals surface area (Å²) in [6.45, 7) is 4.06. The highest BCUT2D eigenvalue weighted by molar-refractivity contribution is 7.99. The molecule has 0 bridgehead atoms. The van der Waals surface area contributed by atoms with E-state index in [0.717, 1.165) is 21.3 Å². The molecular formula is C15H16ClNOS2. The molecule has 5 heteroatoms. The Kier molecular flexibility index (Phi) is 5.52. The number of aryl methyl sites for hydroxylation is 1. The van der Waals surface area contributed by atoms with Crippen molar-refractivity contribution in [2.24, 2.45) is 0 Å². The Hall–Kier alpha value is -0.970. The molecule has 2 rings (SSSR count). The highest BCUT2D eigenvalue weighted by Crippen LogP contribution is 2.25. The minimum Gasteiger partial charge on any atom is -0.325 e. The van der Waals surface area contributed by atoms with E-state index in [2.05, 4.69) is 5.32 Å². The molecule has 0 fully saturated rings. The molecule has 0 aliphatic rings. The summed E-state index contributed by atoms with van der Waals surface area (Å²) in [7, 11) is 0. The third-order valence-corrected chi connectivity index (χ3v) is 5.38. The Balaban J connectivity index is 1.82. The largest absolute Gasteiger partial charge is 0.325 e. The molecule has 20 heavy (non-hydrogen) atoms. The van der Waals surface area contributed by atoms with Crippen molar-refractivity contribution < 1.29 is 4.79 Å². The molecule has 0 saturated carbocycles. The third-order valence-electron chi connectivity index (χ3n) is 2.99. The summed E-state index contributed by atoms with van der Waals surface area (Å²) in [4.78, 5) is 13.1. The molecule has 106 valence electrons. The summed E-state index contributed by atoms with van der Waals surface area (Å²) < 4.78 is 0.792. The van der Waals surface area contributed by atoms with Gasteiger partial charge in [0.05, 0.1) is 10.1 Å². The molecule has 0 spiro atoms. The predicted octanol–water partition coefficient (Wildman–Crippen LogP) is 4.89. The van der Waals surface area contributed by atoms with Crippen LogP contribution >= 0.6 is 34.7 Å². The van der Waals surface area contributed by atoms with Crippen LogP contribution in [0.4, 0.5) is 5.69 Å². The number of carbonyl (C=O) groups excluding carboxylic acids is 1. The number of anilines is 1. The van der Waals surface area contributed by atoms with Gasteiger partial charge in [0, 0.05) is 16.3 Å². The lowest BCUT2D eigenvalue weighted by molar-refractivity contribution is -0.113. The fraction of sp³-hybridized carbons (Fsp3) is 0.267. The van der Waals surface area contributed by atoms with Crippen LogP contribution in [0.3, 0.4) is 0 Å². The molecule has 0 atom stereocenters. The molecule has 1 N–H and O–H groups in total. The van der Waals surface area contributed by atoms with Gasteiger partial charge in [-0.25, -0.2) is 0 Å². The van der Waals surface area contributed by atoms with Gasteiger partial charge in [-0.1, -0.05) is 23.7 Å². The topological polar surface area (TPSA) is 29.1 Å². The standard InChI is InChI=1S/C15H16ClNOS2/c1-10-4-3-5-13(11(10)2)17-15(18)9-19-8-12-6-7-14(16)20-12/h3-7H,8-9H2,1-2H3,(H,17,18). The second-order valence-corrected chi connectivity index (χ2v) is 7.28. The molecule has 1 amide bonds. The van der Waals surface area contributed by atoms with Crippen molar-refractivity contribution in [3.63, 3.8) is 0 Å². The second kappa shape index (κ2) is 7.16. The van der Waals surface area contributed by atoms with Crippen LogP contribution in [0.2, 0.25) is 4.34 Å². The number of nitrogens with one attached hydrogen (secondary N) is 1. The number of benzene rings is 1. The van der Waals surface area contributed by atoms with E-state index in [4.69, 9.17) is 11.6 Å². The summed E-state index contributed by atoms with van der Waals surface area (Å²) in [5.74, 6) is 1.30. The average Bonchev–Trinajstić information content (AvgIpc) is 2.81. The molecule has 2 nitrogen and oxygen atoms in total. The smallest absolute Gasteiger partial charge is 0.234 e. The minimum atomic E-state index is 0.0337. The van der Waals surface area contributed by atoms with E-state index in [9.17, 15) is 4.79 Å². The number of carbonyl (C=O) groups is 1. The lowest BCUT2D eigenvalue weighted by atomic mass is 10.1. The summed E-state index contributed by atoms with van der Waals surface area (Å²) in [6, 6.07) is 9.82. The number of rotatable bonds is 5. The van der Waals surface area contributed by atoms with Gasteiger partial charge in [0.2, 0.25) is 5.91 Å². The van der Waals surface area contributed by atoms with Crippen LogP contribution in [0.15, 0.2) is 30.3 Å². The number of hydrogen-bond acceptors (Lipinski definition) is 3. The van der Waals surface area contributed by atoms with Gasteiger partial charge in [-0.05, 0) is 43.2 Å². The number of thioether (sulfide) groups is 1. The maximum atomic E-state index is 11.9. The van der Waals surface area contributed by atoms with Gasteiger partial charge in [-0.15, -0.1) is 23.1 Å². The van der Waals surface area contributed by atoms with Crippen LogP contribution in [0.25, 0.3) is 0 Å². The first kappa shape index (κ1) is 15.4. The van der Waals surface area contributed by atoms with Crippen LogP contribution in [0.1, 0.15) is 16.0 Å². The average molecular weight is 326 g/mol. The van der Waals surface area contributed by atoms with Crippen LogP contribution < -0.4 is 5.32 Å². The zero-order valence-electron chi connectivity index (χ0n) is 11.4. The number of hydrogen-bond donors (Lipinski definition) is 1. The van der Waals surface area contributed by atoms with Crippen molar-refractivity contribution in [2.45, 2.75) is 19.6 Å². The lowest BCUT2D eigenvalue weighted by Gasteiger charge is -2.10. The molecule has 0 aliphatic heterocycles. The van der Waals surface area contributed by atoms with Crippen molar-refractivity contribution >= 4 is 46.3 Å². The Bertz CT molecular complexity index is 610. The molecule has 1 aromatic heterocycles. The normalized spacial score (nSPS) is 10.6. The van der Waals surface area contributed by atoms with E-state index in [1.807, 2.05) is 44.2 Å². The summed E-state index contributed by atoms with van der Waals surface area (Å²) in [5.41, 5.74) is 3.20. The van der Waals surface area contributed by atoms with Gasteiger partial charge in [-0.3, -0.25) is 4.79 Å². The van der Waals surface area contributed by atoms with E-state index in [-0.39, 0.29) is 5.91 Å². The first-order valence-electron chi connectivity index (χ1n) is 6.24. The predicted molar refractivity (Wildman–Crippen MR) is 90.0 cm³/mol. The SMILES string of the molecule is Cc1cccc(NC(=O)CSCc2ccc(Cl)s2)c1C. The maximum absolute atomic E-state index is 11.9. The van der Waals surface area contributed by atoms with Gasteiger partial charge in [0.1, 0.15) is 0 Å². The van der Waals surface area contributed by atoms with Crippen molar-refractivity contribution in [1.29, 1.82) is 0 Å². The number of amides is 1. The highest BCUT2D eigenvalue weighted by Gasteiger charge is 2.07. The molecule has 0 aliphatic carbocycles. The zero-order valence-corrected chi connectivity index (χ0v) is 13.8. The fourth-order valence-corrected chi connectivity index (χ4v) is 3.77. The van der Waals surface area contributed by atoms with E-state index in [1.165, 1.54) is 10.4 Å². The van der Waals surface area contributed by atoms with Crippen molar-refractivity contribution in [3.05, 3.63) is 50.7 Å². The Morgan fingerprint density at radius 2 is 2.10 bits per heavy atom. The lowest BCUT2D eigenvalue weighted by Crippen LogP contribution is -2.15.